The summed E-state index contributed by atoms with van der Waals surface area (Å²) in [5, 5.41) is 9.40. The van der Waals surface area contributed by atoms with Crippen LogP contribution in [0.2, 0.25) is 5.02 Å². The van der Waals surface area contributed by atoms with Crippen LogP contribution in [0.1, 0.15) is 34.8 Å². The fourth-order valence-electron chi connectivity index (χ4n) is 3.17. The fraction of sp³-hybridized carbons (Fsp3) is 0.421. The van der Waals surface area contributed by atoms with Crippen LogP contribution in [0.3, 0.4) is 0 Å². The first-order valence-electron chi connectivity index (χ1n) is 8.79. The zero-order valence-corrected chi connectivity index (χ0v) is 14.8. The number of Topliss-reactive ketones (excluding diaryl/α,β-unsaturated/α-hetero) is 1. The highest BCUT2D eigenvalue weighted by atomic mass is 35.5. The second-order valence-electron chi connectivity index (χ2n) is 6.78. The van der Waals surface area contributed by atoms with Crippen molar-refractivity contribution in [3.8, 4) is 0 Å². The van der Waals surface area contributed by atoms with Gasteiger partial charge in [0.05, 0.1) is 12.2 Å². The predicted molar refractivity (Wildman–Crippen MR) is 98.4 cm³/mol. The van der Waals surface area contributed by atoms with Crippen molar-refractivity contribution in [2.45, 2.75) is 18.8 Å². The van der Waals surface area contributed by atoms with Crippen LogP contribution in [-0.2, 0) is 0 Å². The molecule has 0 amide bonds. The van der Waals surface area contributed by atoms with Gasteiger partial charge in [0.1, 0.15) is 0 Å². The average Bonchev–Trinajstić information content (AvgIpc) is 3.48. The number of carbonyl (C=O) groups is 1. The molecule has 1 aliphatic heterocycles. The summed E-state index contributed by atoms with van der Waals surface area (Å²) in [6.45, 7) is 3.88. The number of aromatic nitrogens is 2. The second kappa shape index (κ2) is 7.10. The second-order valence-corrected chi connectivity index (χ2v) is 7.22. The van der Waals surface area contributed by atoms with Crippen molar-refractivity contribution in [2.24, 2.45) is 0 Å². The van der Waals surface area contributed by atoms with E-state index in [4.69, 9.17) is 11.6 Å². The normalized spacial score (nSPS) is 18.4. The minimum atomic E-state index is 0.138. The van der Waals surface area contributed by atoms with E-state index in [2.05, 4.69) is 32.1 Å². The molecule has 130 valence electrons. The number of benzene rings is 1. The van der Waals surface area contributed by atoms with Gasteiger partial charge in [0, 0.05) is 42.7 Å². The van der Waals surface area contributed by atoms with Crippen LogP contribution in [-0.4, -0.2) is 53.6 Å². The lowest BCUT2D eigenvalue weighted by molar-refractivity contribution is 0.0926. The minimum Gasteiger partial charge on any atom is -0.353 e. The lowest BCUT2D eigenvalue weighted by atomic mass is 10.1. The molecule has 1 saturated carbocycles. The van der Waals surface area contributed by atoms with Gasteiger partial charge in [0.2, 0.25) is 0 Å². The smallest absolute Gasteiger partial charge is 0.176 e. The third kappa shape index (κ3) is 3.99. The summed E-state index contributed by atoms with van der Waals surface area (Å²) in [6, 6.07) is 11.3. The summed E-state index contributed by atoms with van der Waals surface area (Å²) in [7, 11) is 0. The summed E-state index contributed by atoms with van der Waals surface area (Å²) < 4.78 is 0. The Morgan fingerprint density at radius 1 is 1.00 bits per heavy atom. The molecule has 25 heavy (non-hydrogen) atoms. The van der Waals surface area contributed by atoms with Crippen LogP contribution in [0, 0.1) is 0 Å². The van der Waals surface area contributed by atoms with Gasteiger partial charge in [-0.15, -0.1) is 5.10 Å². The van der Waals surface area contributed by atoms with Crippen LogP contribution in [0.25, 0.3) is 0 Å². The number of nitrogens with zero attached hydrogens (tertiary/aromatic N) is 4. The zero-order chi connectivity index (χ0) is 17.2. The van der Waals surface area contributed by atoms with Gasteiger partial charge in [0.15, 0.2) is 11.6 Å². The Hall–Kier alpha value is -1.98. The third-order valence-corrected chi connectivity index (χ3v) is 5.15. The van der Waals surface area contributed by atoms with Gasteiger partial charge < -0.3 is 4.90 Å². The van der Waals surface area contributed by atoms with Gasteiger partial charge in [-0.25, -0.2) is 0 Å². The molecule has 2 aliphatic rings. The molecule has 0 radical (unpaired) electrons. The largest absolute Gasteiger partial charge is 0.353 e. The Morgan fingerprint density at radius 3 is 2.32 bits per heavy atom. The molecular weight excluding hydrogens is 336 g/mol. The zero-order valence-electron chi connectivity index (χ0n) is 14.1. The first-order chi connectivity index (χ1) is 12.2. The van der Waals surface area contributed by atoms with Crippen LogP contribution in [0.5, 0.6) is 0 Å². The molecule has 1 aromatic carbocycles. The predicted octanol–water partition coefficient (Wildman–Crippen LogP) is 3.01. The van der Waals surface area contributed by atoms with Crippen LogP contribution in [0.4, 0.5) is 5.82 Å². The maximum absolute atomic E-state index is 12.4. The Bertz CT molecular complexity index is 735. The van der Waals surface area contributed by atoms with Gasteiger partial charge >= 0.3 is 0 Å². The lowest BCUT2D eigenvalue weighted by Gasteiger charge is -2.34. The Labute approximate surface area is 152 Å². The molecule has 0 N–H and O–H groups in total. The van der Waals surface area contributed by atoms with Crippen molar-refractivity contribution in [3.63, 3.8) is 0 Å². The van der Waals surface area contributed by atoms with Gasteiger partial charge in [-0.1, -0.05) is 11.6 Å². The van der Waals surface area contributed by atoms with Gasteiger partial charge in [0.25, 0.3) is 0 Å². The SMILES string of the molecule is O=C(CN1CCN(c2ccc(C3CC3)nn2)CC1)c1ccc(Cl)cc1. The van der Waals surface area contributed by atoms with E-state index in [9.17, 15) is 4.79 Å². The minimum absolute atomic E-state index is 0.138. The number of rotatable bonds is 5. The molecule has 4 rings (SSSR count). The van der Waals surface area contributed by atoms with Gasteiger partial charge in [-0.3, -0.25) is 9.69 Å². The van der Waals surface area contributed by atoms with E-state index in [1.807, 2.05) is 0 Å². The van der Waals surface area contributed by atoms with Crippen molar-refractivity contribution in [1.82, 2.24) is 15.1 Å². The highest BCUT2D eigenvalue weighted by Crippen LogP contribution is 2.38. The molecule has 2 heterocycles. The molecule has 1 saturated heterocycles. The first kappa shape index (κ1) is 16.5. The number of anilines is 1. The van der Waals surface area contributed by atoms with E-state index in [-0.39, 0.29) is 5.78 Å². The van der Waals surface area contributed by atoms with Gasteiger partial charge in [-0.2, -0.15) is 5.10 Å². The summed E-state index contributed by atoms with van der Waals surface area (Å²) in [5.41, 5.74) is 1.84. The van der Waals surface area contributed by atoms with Crippen molar-refractivity contribution >= 4 is 23.2 Å². The number of carbonyl (C=O) groups excluding carboxylic acids is 1. The molecule has 0 atom stereocenters. The Kier molecular flexibility index (Phi) is 4.68. The van der Waals surface area contributed by atoms with Gasteiger partial charge in [-0.05, 0) is 49.2 Å². The highest BCUT2D eigenvalue weighted by Gasteiger charge is 2.26. The summed E-state index contributed by atoms with van der Waals surface area (Å²) in [6.07, 6.45) is 2.49. The summed E-state index contributed by atoms with van der Waals surface area (Å²) in [5.74, 6) is 1.71. The highest BCUT2D eigenvalue weighted by molar-refractivity contribution is 6.30. The Balaban J connectivity index is 1.30. The summed E-state index contributed by atoms with van der Waals surface area (Å²) >= 11 is 5.87. The number of hydrogen-bond acceptors (Lipinski definition) is 5. The van der Waals surface area contributed by atoms with Crippen molar-refractivity contribution in [3.05, 3.63) is 52.7 Å². The molecule has 2 aromatic rings. The third-order valence-electron chi connectivity index (χ3n) is 4.90. The van der Waals surface area contributed by atoms with E-state index >= 15 is 0 Å². The average molecular weight is 357 g/mol. The molecule has 6 heteroatoms. The Morgan fingerprint density at radius 2 is 1.72 bits per heavy atom. The molecule has 0 unspecified atom stereocenters. The van der Waals surface area contributed by atoms with E-state index in [1.165, 1.54) is 12.8 Å². The fourth-order valence-corrected chi connectivity index (χ4v) is 3.29. The monoisotopic (exact) mass is 356 g/mol. The topological polar surface area (TPSA) is 49.3 Å². The van der Waals surface area contributed by atoms with E-state index < -0.39 is 0 Å². The van der Waals surface area contributed by atoms with Crippen molar-refractivity contribution < 1.29 is 4.79 Å². The number of piperazine rings is 1. The molecule has 1 aromatic heterocycles. The molecule has 5 nitrogen and oxygen atoms in total. The van der Waals surface area contributed by atoms with E-state index in [1.54, 1.807) is 24.3 Å². The molecular formula is C19H21ClN4O. The number of hydrogen-bond donors (Lipinski definition) is 0. The molecule has 1 aliphatic carbocycles. The number of halogens is 1. The maximum Gasteiger partial charge on any atom is 0.176 e. The molecule has 2 fully saturated rings. The summed E-state index contributed by atoms with van der Waals surface area (Å²) in [4.78, 5) is 16.8. The number of ketones is 1. The standard InChI is InChI=1S/C19H21ClN4O/c20-16-5-3-15(4-6-16)18(25)13-23-9-11-24(12-10-23)19-8-7-17(21-22-19)14-1-2-14/h3-8,14H,1-2,9-13H2. The van der Waals surface area contributed by atoms with Crippen LogP contribution < -0.4 is 4.90 Å². The first-order valence-corrected chi connectivity index (χ1v) is 9.16. The van der Waals surface area contributed by atoms with Crippen LogP contribution >= 0.6 is 11.6 Å². The molecule has 0 bridgehead atoms. The van der Waals surface area contributed by atoms with Crippen molar-refractivity contribution in [2.75, 3.05) is 37.6 Å². The van der Waals surface area contributed by atoms with Crippen molar-refractivity contribution in [1.29, 1.82) is 0 Å². The lowest BCUT2D eigenvalue weighted by Crippen LogP contribution is -2.48. The van der Waals surface area contributed by atoms with E-state index in [0.29, 0.717) is 23.0 Å². The van der Waals surface area contributed by atoms with Crippen LogP contribution in [0.15, 0.2) is 36.4 Å². The molecule has 0 spiro atoms. The van der Waals surface area contributed by atoms with E-state index in [0.717, 1.165) is 37.7 Å². The quantitative estimate of drug-likeness (QED) is 0.771. The maximum atomic E-state index is 12.4.